The smallest absolute Gasteiger partial charge is 0.243 e. The number of rotatable bonds is 5. The van der Waals surface area contributed by atoms with Crippen molar-refractivity contribution in [2.24, 2.45) is 5.92 Å². The standard InChI is InChI=1S/C21H25FN2O3S/c1-15-5-11-20(12-6-15)28(26,27)24-13-3-4-18(14-24)21(25)23-16(2)17-7-9-19(22)10-8-17/h5-12,16,18H,3-4,13-14H2,1-2H3,(H,23,25)/t16-,18+/m0/s1. The maximum Gasteiger partial charge on any atom is 0.243 e. The zero-order valence-electron chi connectivity index (χ0n) is 16.1. The topological polar surface area (TPSA) is 66.5 Å². The van der Waals surface area contributed by atoms with E-state index in [-0.39, 0.29) is 29.2 Å². The lowest BCUT2D eigenvalue weighted by Crippen LogP contribution is -2.45. The molecule has 0 radical (unpaired) electrons. The van der Waals surface area contributed by atoms with Crippen molar-refractivity contribution >= 4 is 15.9 Å². The maximum atomic E-state index is 13.1. The van der Waals surface area contributed by atoms with Gasteiger partial charge >= 0.3 is 0 Å². The van der Waals surface area contributed by atoms with E-state index in [2.05, 4.69) is 5.32 Å². The Labute approximate surface area is 165 Å². The molecule has 1 amide bonds. The van der Waals surface area contributed by atoms with Crippen LogP contribution < -0.4 is 5.32 Å². The number of nitrogens with zero attached hydrogens (tertiary/aromatic N) is 1. The first-order valence-electron chi connectivity index (χ1n) is 9.40. The van der Waals surface area contributed by atoms with Crippen molar-refractivity contribution in [2.45, 2.75) is 37.6 Å². The second-order valence-electron chi connectivity index (χ2n) is 7.30. The summed E-state index contributed by atoms with van der Waals surface area (Å²) < 4.78 is 40.3. The summed E-state index contributed by atoms with van der Waals surface area (Å²) in [5.41, 5.74) is 1.79. The van der Waals surface area contributed by atoms with Gasteiger partial charge in [-0.05, 0) is 56.5 Å². The molecule has 1 heterocycles. The molecule has 1 aliphatic heterocycles. The molecular formula is C21H25FN2O3S. The Morgan fingerprint density at radius 1 is 1.14 bits per heavy atom. The van der Waals surface area contributed by atoms with Gasteiger partial charge in [0.2, 0.25) is 15.9 Å². The van der Waals surface area contributed by atoms with Gasteiger partial charge in [0, 0.05) is 13.1 Å². The van der Waals surface area contributed by atoms with E-state index in [0.717, 1.165) is 11.1 Å². The molecule has 1 fully saturated rings. The van der Waals surface area contributed by atoms with E-state index in [9.17, 15) is 17.6 Å². The highest BCUT2D eigenvalue weighted by Gasteiger charge is 2.33. The highest BCUT2D eigenvalue weighted by Crippen LogP contribution is 2.25. The molecule has 0 spiro atoms. The number of halogens is 1. The van der Waals surface area contributed by atoms with Gasteiger partial charge in [-0.2, -0.15) is 4.31 Å². The molecule has 0 bridgehead atoms. The number of benzene rings is 2. The first kappa shape index (κ1) is 20.5. The summed E-state index contributed by atoms with van der Waals surface area (Å²) in [6.07, 6.45) is 1.27. The molecule has 7 heteroatoms. The molecule has 0 aliphatic carbocycles. The number of hydrogen-bond acceptors (Lipinski definition) is 3. The molecule has 28 heavy (non-hydrogen) atoms. The lowest BCUT2D eigenvalue weighted by atomic mass is 9.98. The minimum atomic E-state index is -3.62. The van der Waals surface area contributed by atoms with E-state index in [1.54, 1.807) is 36.4 Å². The van der Waals surface area contributed by atoms with Crippen molar-refractivity contribution in [1.82, 2.24) is 9.62 Å². The molecule has 0 unspecified atom stereocenters. The predicted molar refractivity (Wildman–Crippen MR) is 106 cm³/mol. The summed E-state index contributed by atoms with van der Waals surface area (Å²) in [7, 11) is -3.62. The Morgan fingerprint density at radius 2 is 1.79 bits per heavy atom. The molecule has 1 saturated heterocycles. The van der Waals surface area contributed by atoms with Crippen LogP contribution in [0.3, 0.4) is 0 Å². The quantitative estimate of drug-likeness (QED) is 0.830. The van der Waals surface area contributed by atoms with Crippen LogP contribution in [0.25, 0.3) is 0 Å². The summed E-state index contributed by atoms with van der Waals surface area (Å²) in [5.74, 6) is -0.913. The van der Waals surface area contributed by atoms with Gasteiger partial charge in [0.05, 0.1) is 16.9 Å². The lowest BCUT2D eigenvalue weighted by molar-refractivity contribution is -0.126. The fourth-order valence-corrected chi connectivity index (χ4v) is 4.92. The van der Waals surface area contributed by atoms with Crippen LogP contribution in [-0.4, -0.2) is 31.7 Å². The second-order valence-corrected chi connectivity index (χ2v) is 9.24. The number of amides is 1. The Balaban J connectivity index is 1.67. The van der Waals surface area contributed by atoms with Crippen molar-refractivity contribution in [3.63, 3.8) is 0 Å². The molecular weight excluding hydrogens is 379 g/mol. The van der Waals surface area contributed by atoms with E-state index in [4.69, 9.17) is 0 Å². The highest BCUT2D eigenvalue weighted by molar-refractivity contribution is 7.89. The minimum Gasteiger partial charge on any atom is -0.349 e. The first-order valence-corrected chi connectivity index (χ1v) is 10.8. The molecule has 3 rings (SSSR count). The van der Waals surface area contributed by atoms with Crippen molar-refractivity contribution < 1.29 is 17.6 Å². The van der Waals surface area contributed by atoms with Crippen molar-refractivity contribution in [3.05, 3.63) is 65.5 Å². The molecule has 5 nitrogen and oxygen atoms in total. The number of aryl methyl sites for hydroxylation is 1. The third-order valence-electron chi connectivity index (χ3n) is 5.14. The lowest BCUT2D eigenvalue weighted by Gasteiger charge is -2.32. The predicted octanol–water partition coefficient (Wildman–Crippen LogP) is 3.41. The van der Waals surface area contributed by atoms with Gasteiger partial charge in [0.15, 0.2) is 0 Å². The van der Waals surface area contributed by atoms with E-state index in [1.807, 2.05) is 13.8 Å². The van der Waals surface area contributed by atoms with Gasteiger partial charge in [0.25, 0.3) is 0 Å². The zero-order chi connectivity index (χ0) is 20.3. The van der Waals surface area contributed by atoms with Gasteiger partial charge < -0.3 is 5.32 Å². The summed E-state index contributed by atoms with van der Waals surface area (Å²) in [6.45, 7) is 4.31. The van der Waals surface area contributed by atoms with Crippen LogP contribution in [0.4, 0.5) is 4.39 Å². The van der Waals surface area contributed by atoms with Crippen LogP contribution in [0.5, 0.6) is 0 Å². The molecule has 2 aromatic rings. The van der Waals surface area contributed by atoms with Gasteiger partial charge in [-0.25, -0.2) is 12.8 Å². The summed E-state index contributed by atoms with van der Waals surface area (Å²) in [6, 6.07) is 12.4. The largest absolute Gasteiger partial charge is 0.349 e. The summed E-state index contributed by atoms with van der Waals surface area (Å²) in [4.78, 5) is 12.9. The maximum absolute atomic E-state index is 13.1. The van der Waals surface area contributed by atoms with Crippen LogP contribution in [0.2, 0.25) is 0 Å². The normalized spacial score (nSPS) is 19.2. The number of hydrogen-bond donors (Lipinski definition) is 1. The molecule has 2 aromatic carbocycles. The van der Waals surface area contributed by atoms with Crippen LogP contribution in [-0.2, 0) is 14.8 Å². The fraction of sp³-hybridized carbons (Fsp3) is 0.381. The van der Waals surface area contributed by atoms with Gasteiger partial charge in [-0.15, -0.1) is 0 Å². The SMILES string of the molecule is Cc1ccc(S(=O)(=O)N2CCC[C@@H](C(=O)N[C@@H](C)c3ccc(F)cc3)C2)cc1. The van der Waals surface area contributed by atoms with Gasteiger partial charge in [0.1, 0.15) is 5.82 Å². The molecule has 1 N–H and O–H groups in total. The average molecular weight is 405 g/mol. The number of carbonyl (C=O) groups is 1. The Bertz CT molecular complexity index is 927. The molecule has 1 aliphatic rings. The van der Waals surface area contributed by atoms with Crippen molar-refractivity contribution in [3.8, 4) is 0 Å². The van der Waals surface area contributed by atoms with Crippen LogP contribution >= 0.6 is 0 Å². The van der Waals surface area contributed by atoms with Crippen molar-refractivity contribution in [1.29, 1.82) is 0 Å². The molecule has 2 atom stereocenters. The second kappa shape index (κ2) is 8.41. The number of sulfonamides is 1. The van der Waals surface area contributed by atoms with E-state index >= 15 is 0 Å². The highest BCUT2D eigenvalue weighted by atomic mass is 32.2. The summed E-state index contributed by atoms with van der Waals surface area (Å²) in [5, 5.41) is 2.92. The van der Waals surface area contributed by atoms with Gasteiger partial charge in [-0.3, -0.25) is 4.79 Å². The Hall–Kier alpha value is -2.25. The number of nitrogens with one attached hydrogen (secondary N) is 1. The third kappa shape index (κ3) is 4.59. The van der Waals surface area contributed by atoms with E-state index in [1.165, 1.54) is 16.4 Å². The Kier molecular flexibility index (Phi) is 6.15. The van der Waals surface area contributed by atoms with Gasteiger partial charge in [-0.1, -0.05) is 29.8 Å². The Morgan fingerprint density at radius 3 is 2.43 bits per heavy atom. The van der Waals surface area contributed by atoms with Crippen LogP contribution in [0.15, 0.2) is 53.4 Å². The third-order valence-corrected chi connectivity index (χ3v) is 7.02. The fourth-order valence-electron chi connectivity index (χ4n) is 3.40. The van der Waals surface area contributed by atoms with Crippen LogP contribution in [0, 0.1) is 18.7 Å². The summed E-state index contributed by atoms with van der Waals surface area (Å²) >= 11 is 0. The van der Waals surface area contributed by atoms with E-state index < -0.39 is 15.9 Å². The van der Waals surface area contributed by atoms with Crippen molar-refractivity contribution in [2.75, 3.05) is 13.1 Å². The first-order chi connectivity index (χ1) is 13.3. The molecule has 0 saturated carbocycles. The van der Waals surface area contributed by atoms with E-state index in [0.29, 0.717) is 19.4 Å². The average Bonchev–Trinajstić information content (AvgIpc) is 2.69. The molecule has 0 aromatic heterocycles. The zero-order valence-corrected chi connectivity index (χ0v) is 16.9. The van der Waals surface area contributed by atoms with Crippen LogP contribution in [0.1, 0.15) is 36.9 Å². The number of carbonyl (C=O) groups excluding carboxylic acids is 1. The molecule has 150 valence electrons. The minimum absolute atomic E-state index is 0.165. The number of piperidine rings is 1. The monoisotopic (exact) mass is 404 g/mol.